The summed E-state index contributed by atoms with van der Waals surface area (Å²) in [6.45, 7) is 17.9. The molecule has 2 N–H and O–H groups in total. The number of rotatable bonds is 7. The molecule has 6 fully saturated rings. The van der Waals surface area contributed by atoms with Crippen molar-refractivity contribution in [2.45, 2.75) is 145 Å². The van der Waals surface area contributed by atoms with Crippen LogP contribution >= 0.6 is 17.2 Å². The van der Waals surface area contributed by atoms with Crippen LogP contribution in [0.4, 0.5) is 0 Å². The summed E-state index contributed by atoms with van der Waals surface area (Å²) in [7, 11) is 2.05. The van der Waals surface area contributed by atoms with Crippen LogP contribution in [0.1, 0.15) is 103 Å². The molecule has 2 saturated heterocycles. The molecule has 0 radical (unpaired) electrons. The van der Waals surface area contributed by atoms with Gasteiger partial charge in [-0.05, 0) is 105 Å². The Morgan fingerprint density at radius 3 is 1.71 bits per heavy atom. The van der Waals surface area contributed by atoms with Crippen LogP contribution in [0, 0.1) is 23.7 Å². The predicted molar refractivity (Wildman–Crippen MR) is 201 cm³/mol. The van der Waals surface area contributed by atoms with Gasteiger partial charge in [0.1, 0.15) is 0 Å². The Morgan fingerprint density at radius 2 is 1.31 bits per heavy atom. The molecule has 0 aromatic heterocycles. The molecule has 4 atom stereocenters. The van der Waals surface area contributed by atoms with E-state index in [-0.39, 0.29) is 30.1 Å². The molecule has 4 unspecified atom stereocenters. The molecular formula is C39H64FeN2P2Si-6. The van der Waals surface area contributed by atoms with Crippen molar-refractivity contribution >= 4 is 30.4 Å². The summed E-state index contributed by atoms with van der Waals surface area (Å²) in [4.78, 5) is 0. The van der Waals surface area contributed by atoms with Crippen LogP contribution in [-0.4, -0.2) is 44.1 Å². The van der Waals surface area contributed by atoms with E-state index in [1.807, 2.05) is 30.3 Å². The molecule has 2 aliphatic heterocycles. The predicted octanol–water partition coefficient (Wildman–Crippen LogP) is 9.31. The van der Waals surface area contributed by atoms with E-state index in [0.717, 1.165) is 29.3 Å². The van der Waals surface area contributed by atoms with Crippen LogP contribution in [0.5, 0.6) is 0 Å². The minimum atomic E-state index is -1.43. The largest absolute Gasteiger partial charge is 0.748 e. The van der Waals surface area contributed by atoms with Gasteiger partial charge < -0.3 is 41.0 Å². The number of hydrogen-bond donors (Lipinski definition) is 2. The summed E-state index contributed by atoms with van der Waals surface area (Å²) < 4.78 is 0. The number of piperidine rings is 2. The third kappa shape index (κ3) is 8.01. The van der Waals surface area contributed by atoms with Crippen LogP contribution in [0.15, 0.2) is 42.5 Å². The molecule has 6 heteroatoms. The summed E-state index contributed by atoms with van der Waals surface area (Å²) in [6.07, 6.45) is 17.2. The molecule has 2 aromatic carbocycles. The summed E-state index contributed by atoms with van der Waals surface area (Å²) in [5.74, 6) is 4.20. The van der Waals surface area contributed by atoms with Crippen LogP contribution in [0.25, 0.3) is 0 Å². The first-order valence-electron chi connectivity index (χ1n) is 18.4. The first-order valence-corrected chi connectivity index (χ1v) is 24.1. The van der Waals surface area contributed by atoms with Crippen molar-refractivity contribution < 1.29 is 17.1 Å². The first-order chi connectivity index (χ1) is 20.9. The Kier molecular flexibility index (Phi) is 12.2. The fourth-order valence-corrected chi connectivity index (χ4v) is 16.1. The Labute approximate surface area is 292 Å². The van der Waals surface area contributed by atoms with Crippen LogP contribution in [0.3, 0.4) is 0 Å². The minimum Gasteiger partial charge on any atom is -0.748 e. The fraction of sp³-hybridized carbons (Fsp3) is 0.744. The van der Waals surface area contributed by atoms with E-state index >= 15 is 0 Å². The second-order valence-electron chi connectivity index (χ2n) is 17.6. The van der Waals surface area contributed by atoms with Crippen molar-refractivity contribution in [2.75, 3.05) is 13.1 Å². The average molecular weight is 707 g/mol. The van der Waals surface area contributed by atoms with Gasteiger partial charge in [0.25, 0.3) is 0 Å². The van der Waals surface area contributed by atoms with E-state index < -0.39 is 8.07 Å². The quantitative estimate of drug-likeness (QED) is 0.171. The molecular weight excluding hydrogens is 642 g/mol. The van der Waals surface area contributed by atoms with E-state index in [1.165, 1.54) is 57.8 Å². The fourth-order valence-electron chi connectivity index (χ4n) is 10.4. The van der Waals surface area contributed by atoms with Gasteiger partial charge in [-0.1, -0.05) is 59.4 Å². The molecule has 4 bridgehead atoms. The zero-order valence-electron chi connectivity index (χ0n) is 29.4. The maximum absolute atomic E-state index is 4.08. The Balaban J connectivity index is 0.000000609. The molecule has 2 nitrogen and oxygen atoms in total. The van der Waals surface area contributed by atoms with Gasteiger partial charge in [0, 0.05) is 42.4 Å². The molecule has 258 valence electrons. The normalized spacial score (nSPS) is 33.4. The third-order valence-electron chi connectivity index (χ3n) is 12.4. The van der Waals surface area contributed by atoms with Crippen molar-refractivity contribution in [3.8, 4) is 0 Å². The van der Waals surface area contributed by atoms with Crippen molar-refractivity contribution in [1.29, 1.82) is 0 Å². The van der Waals surface area contributed by atoms with Crippen molar-refractivity contribution in [1.82, 2.24) is 10.6 Å². The van der Waals surface area contributed by atoms with Gasteiger partial charge in [0.05, 0.1) is 0 Å². The number of hydrogen-bond acceptors (Lipinski definition) is 2. The molecule has 2 heterocycles. The molecule has 45 heavy (non-hydrogen) atoms. The van der Waals surface area contributed by atoms with E-state index in [4.69, 9.17) is 0 Å². The summed E-state index contributed by atoms with van der Waals surface area (Å²) in [6, 6.07) is 16.6. The van der Waals surface area contributed by atoms with Crippen LogP contribution in [0.2, 0.25) is 19.6 Å². The molecule has 0 spiro atoms. The summed E-state index contributed by atoms with van der Waals surface area (Å²) in [5.41, 5.74) is 4.49. The monoisotopic (exact) mass is 706 g/mol. The molecule has 4 saturated carbocycles. The summed E-state index contributed by atoms with van der Waals surface area (Å²) >= 11 is 0. The van der Waals surface area contributed by atoms with Crippen LogP contribution in [-0.2, 0) is 28.4 Å². The van der Waals surface area contributed by atoms with Gasteiger partial charge in [-0.2, -0.15) is 11.6 Å². The Morgan fingerprint density at radius 1 is 0.822 bits per heavy atom. The third-order valence-corrected chi connectivity index (χ3v) is 19.5. The van der Waals surface area contributed by atoms with Gasteiger partial charge in [0.2, 0.25) is 0 Å². The van der Waals surface area contributed by atoms with Crippen molar-refractivity contribution in [2.24, 2.45) is 23.7 Å². The van der Waals surface area contributed by atoms with Gasteiger partial charge in [-0.3, -0.25) is 0 Å². The Hall–Kier alpha value is 0.216. The second-order valence-corrected chi connectivity index (χ2v) is 26.8. The van der Waals surface area contributed by atoms with Gasteiger partial charge in [-0.15, -0.1) is 22.7 Å². The molecule has 4 aliphatic carbocycles. The smallest absolute Gasteiger partial charge is 0.0193 e. The maximum atomic E-state index is 4.08. The Bertz CT molecular complexity index is 1120. The van der Waals surface area contributed by atoms with Crippen molar-refractivity contribution in [3.05, 3.63) is 53.6 Å². The SMILES string of the molecule is CC(C)(C)P(C[c-]1cc([Si](C)(C)C)cc1C(P)(C1CCCCN1)C1CCCCN1)C1C2CC3CC(C2)CC1C3.[Fe].[cH-]1[cH-][cH-][cH-][cH-]1. The molecule has 2 aromatic rings. The van der Waals surface area contributed by atoms with Gasteiger partial charge >= 0.3 is 0 Å². The van der Waals surface area contributed by atoms with E-state index in [2.05, 4.69) is 72.4 Å². The average Bonchev–Trinajstić information content (AvgIpc) is 3.70. The molecule has 8 rings (SSSR count). The topological polar surface area (TPSA) is 24.1 Å². The van der Waals surface area contributed by atoms with E-state index in [0.29, 0.717) is 17.2 Å². The maximum Gasteiger partial charge on any atom is 0.0193 e. The molecule has 0 amide bonds. The summed E-state index contributed by atoms with van der Waals surface area (Å²) in [5, 5.41) is 10.4. The first kappa shape index (κ1) is 36.5. The van der Waals surface area contributed by atoms with Crippen molar-refractivity contribution in [3.63, 3.8) is 0 Å². The zero-order valence-corrected chi connectivity index (χ0v) is 33.5. The number of nitrogens with one attached hydrogen (secondary N) is 2. The molecule has 6 aliphatic rings. The standard InChI is InChI=1S/C34H59N2P2Si.C5H5.Fe/c1-33(2,3)38(32-25-16-23-15-24(18-25)19-26(32)17-23)22-27-20-28(39(4,5)6)21-29(27)34(37,30-11-7-9-13-35-30)31-12-8-10-14-36-31;1-2-4-5-3-1;/h20-21,23-26,30-32,35-36H,7-19,22,37H2,1-6H3;1-5H;/q-1;-5;. The second kappa shape index (κ2) is 15.0. The van der Waals surface area contributed by atoms with E-state index in [1.54, 1.807) is 48.4 Å². The van der Waals surface area contributed by atoms with Gasteiger partial charge in [0.15, 0.2) is 0 Å². The zero-order chi connectivity index (χ0) is 31.1. The minimum absolute atomic E-state index is 0. The van der Waals surface area contributed by atoms with Crippen LogP contribution < -0.4 is 15.8 Å². The van der Waals surface area contributed by atoms with Gasteiger partial charge in [-0.25, -0.2) is 11.3 Å². The van der Waals surface area contributed by atoms with E-state index in [9.17, 15) is 0 Å².